The topological polar surface area (TPSA) is 405 Å². The van der Waals surface area contributed by atoms with Crippen molar-refractivity contribution in [3.8, 4) is 33.8 Å². The molecule has 0 amide bonds. The number of fused-ring (bicyclic) bond motifs is 9. The summed E-state index contributed by atoms with van der Waals surface area (Å²) in [6.45, 7) is 0. The fourth-order valence-corrected chi connectivity index (χ4v) is 16.3. The molecule has 0 aliphatic rings. The van der Waals surface area contributed by atoms with E-state index >= 15 is 0 Å². The highest BCUT2D eigenvalue weighted by Gasteiger charge is 2.40. The lowest BCUT2D eigenvalue weighted by molar-refractivity contribution is 0.108. The third kappa shape index (κ3) is 21.8. The highest BCUT2D eigenvalue weighted by atomic mass is 127. The molecule has 31 nitrogen and oxygen atoms in total. The number of hydrogen-bond acceptors (Lipinski definition) is 36. The van der Waals surface area contributed by atoms with Crippen LogP contribution in [0.3, 0.4) is 0 Å². The van der Waals surface area contributed by atoms with Crippen molar-refractivity contribution in [2.45, 2.75) is 46.9 Å². The Bertz CT molecular complexity index is 6590. The zero-order valence-electron chi connectivity index (χ0n) is 64.9. The Kier molecular flexibility index (Phi) is 33.2. The molecule has 122 heavy (non-hydrogen) atoms. The number of pyridine rings is 5. The van der Waals surface area contributed by atoms with Gasteiger partial charge in [-0.25, -0.2) is 110 Å². The lowest BCUT2D eigenvalue weighted by atomic mass is 9.87. The predicted octanol–water partition coefficient (Wildman–Crippen LogP) is 17.7. The number of aliphatic hydroxyl groups is 1. The third-order valence-electron chi connectivity index (χ3n) is 16.6. The van der Waals surface area contributed by atoms with Gasteiger partial charge in [-0.1, -0.05) is 111 Å². The lowest BCUT2D eigenvalue weighted by Crippen LogP contribution is -2.32. The first-order valence-corrected chi connectivity index (χ1v) is 46.5. The summed E-state index contributed by atoms with van der Waals surface area (Å²) < 4.78 is 17.2. The van der Waals surface area contributed by atoms with Crippen molar-refractivity contribution in [2.24, 2.45) is 0 Å². The van der Waals surface area contributed by atoms with Gasteiger partial charge in [0.25, 0.3) is 5.24 Å². The molecule has 0 aliphatic carbocycles. The molecule has 18 rings (SSSR count). The van der Waals surface area contributed by atoms with E-state index in [0.717, 1.165) is 115 Å². The number of carbonyl (C=O) groups excluding carboxylic acids is 1. The minimum absolute atomic E-state index is 0.141. The Morgan fingerprint density at radius 1 is 0.393 bits per heavy atom. The highest BCUT2D eigenvalue weighted by Crippen LogP contribution is 2.41. The lowest BCUT2D eigenvalue weighted by Gasteiger charge is -2.28. The van der Waals surface area contributed by atoms with Crippen LogP contribution in [0.25, 0.3) is 83.4 Å². The van der Waals surface area contributed by atoms with Gasteiger partial charge in [0.2, 0.25) is 22.2 Å². The van der Waals surface area contributed by atoms with Crippen LogP contribution in [0, 0.1) is 3.70 Å². The first-order chi connectivity index (χ1) is 59.4. The minimum atomic E-state index is -1.67. The van der Waals surface area contributed by atoms with Crippen LogP contribution in [0.4, 0.5) is 11.9 Å². The van der Waals surface area contributed by atoms with E-state index < -0.39 is 10.8 Å². The smallest absolute Gasteiger partial charge is 0.255 e. The summed E-state index contributed by atoms with van der Waals surface area (Å²) in [7, 11) is 3.21. The number of nitrogens with two attached hydrogens (primary N) is 2. The van der Waals surface area contributed by atoms with Gasteiger partial charge in [-0.3, -0.25) is 18.0 Å². The van der Waals surface area contributed by atoms with Gasteiger partial charge >= 0.3 is 0 Å². The molecule has 0 saturated carbocycles. The Balaban J connectivity index is 0.000000135. The second-order valence-corrected chi connectivity index (χ2v) is 32.5. The van der Waals surface area contributed by atoms with Crippen LogP contribution < -0.4 is 11.5 Å². The molecule has 18 aromatic rings. The van der Waals surface area contributed by atoms with Crippen LogP contribution in [0.15, 0.2) is 256 Å². The van der Waals surface area contributed by atoms with Gasteiger partial charge < -0.3 is 24.9 Å². The van der Waals surface area contributed by atoms with Gasteiger partial charge in [0.1, 0.15) is 36.1 Å². The minimum Gasteiger partial charge on any atom is -0.373 e. The van der Waals surface area contributed by atoms with Gasteiger partial charge in [-0.2, -0.15) is 0 Å². The number of halogens is 5. The number of nitrogens with zero attached hydrogens (tertiary/aromatic N) is 25. The molecule has 0 saturated heterocycles. The summed E-state index contributed by atoms with van der Waals surface area (Å²) in [5.74, 6) is 0.607. The van der Waals surface area contributed by atoms with Crippen LogP contribution in [0.2, 0.25) is 15.5 Å². The van der Waals surface area contributed by atoms with Crippen LogP contribution in [-0.2, 0) is 14.0 Å². The quantitative estimate of drug-likeness (QED) is 0.0145. The van der Waals surface area contributed by atoms with Crippen molar-refractivity contribution in [1.82, 2.24) is 123 Å². The second kappa shape index (κ2) is 44.4. The summed E-state index contributed by atoms with van der Waals surface area (Å²) in [4.78, 5) is 104. The highest BCUT2D eigenvalue weighted by molar-refractivity contribution is 14.1. The number of rotatable bonds is 17. The van der Waals surface area contributed by atoms with Crippen LogP contribution >= 0.6 is 164 Å². The molecular weight excluding hydrogens is 1900 g/mol. The molecule has 0 unspecified atom stereocenters. The average molecular weight is 1970 g/mol. The SMILES string of the molecule is COSc1nccc(-c2c3cccnc3n3c(SOC)nccc23)n1.CSc1nccc(-c2c3cccnc3n3c(SC)nccc23)n1.CSc1nccc(C(O)(c2ccnc(SC)n2)c2cccnc2Cl)n1.CSc1nccc(Cl)n1.CSc1nccc(I)n1.Nc1nccc(-c2c3cccnc3n3c(N)nccc23)n1.O=C(Cl)c1cccnc1Cl. The molecule has 0 radical (unpaired) electrons. The maximum Gasteiger partial charge on any atom is 0.255 e. The van der Waals surface area contributed by atoms with E-state index in [4.69, 9.17) is 66.2 Å². The van der Waals surface area contributed by atoms with Gasteiger partial charge in [-0.15, -0.1) is 0 Å². The van der Waals surface area contributed by atoms with E-state index in [1.807, 2.05) is 132 Å². The van der Waals surface area contributed by atoms with Crippen LogP contribution in [0.1, 0.15) is 27.3 Å². The Hall–Kier alpha value is -10.0. The number of hydrogen-bond donors (Lipinski definition) is 3. The molecule has 18 aromatic heterocycles. The maximum atomic E-state index is 11.7. The Labute approximate surface area is 764 Å². The largest absolute Gasteiger partial charge is 0.373 e. The summed E-state index contributed by atoms with van der Waals surface area (Å²) in [6.07, 6.45) is 37.0. The molecular formula is C78H64Cl4IN27O4S8. The van der Waals surface area contributed by atoms with Gasteiger partial charge in [0.15, 0.2) is 36.5 Å². The summed E-state index contributed by atoms with van der Waals surface area (Å²) in [6, 6.07) is 36.6. The first-order valence-electron chi connectivity index (χ1n) is 35.0. The van der Waals surface area contributed by atoms with E-state index in [2.05, 4.69) is 143 Å². The summed E-state index contributed by atoms with van der Waals surface area (Å²) in [5, 5.41) is 20.5. The number of nitrogen functional groups attached to an aromatic ring is 2. The predicted molar refractivity (Wildman–Crippen MR) is 496 cm³/mol. The van der Waals surface area contributed by atoms with Gasteiger partial charge in [0, 0.05) is 131 Å². The average Bonchev–Trinajstić information content (AvgIpc) is 1.56. The van der Waals surface area contributed by atoms with Crippen LogP contribution in [-0.4, -0.2) is 185 Å². The molecule has 0 bridgehead atoms. The third-order valence-corrected chi connectivity index (χ3v) is 22.8. The van der Waals surface area contributed by atoms with Gasteiger partial charge in [-0.05, 0) is 187 Å². The zero-order chi connectivity index (χ0) is 86.2. The van der Waals surface area contributed by atoms with Crippen molar-refractivity contribution < 1.29 is 18.3 Å². The number of anilines is 2. The molecule has 0 fully saturated rings. The Morgan fingerprint density at radius 3 is 1.26 bits per heavy atom. The Morgan fingerprint density at radius 2 is 0.795 bits per heavy atom. The summed E-state index contributed by atoms with van der Waals surface area (Å²) >= 11 is 35.9. The standard InChI is InChI=1S/C16H14ClN5OS2.C16H13N5O2S2.C16H13N5S2.C14H11N7.C6H3Cl2NO.C5H5ClN2S.C5H5IN2S/c1-24-14-19-8-5-11(21-14)16(23,10-4-3-7-18-13(10)17)12-6-9-20-15(22-12)25-2;1-22-24-15-18-8-5-11(20-15)13-10-4-3-7-17-14(10)21-12(13)6-9-19-16(21)25-23-2;1-22-15-18-8-5-11(20-15)13-10-4-3-7-17-14(10)21-12(13)6-9-19-16(21)23-2;15-13-18-6-3-9(20-13)11-8-2-1-5-17-12(8)21-10(11)4-7-19-14(21)16;7-5-4(6(8)10)2-1-3-9-5;2*1-9-5-7-3-2-4(6)8-5/h3-9,23H,1-2H3;3-9H,1-2H3;3-9H,1-2H3;1-7H,(H2,16,19)(H2,15,18,20);1-3H;2*2-3H,1H3. The van der Waals surface area contributed by atoms with Crippen molar-refractivity contribution in [1.29, 1.82) is 0 Å². The van der Waals surface area contributed by atoms with Crippen molar-refractivity contribution >= 4 is 230 Å². The zero-order valence-corrected chi connectivity index (χ0v) is 76.6. The second-order valence-electron chi connectivity index (χ2n) is 23.6. The number of aromatic nitrogens is 25. The molecule has 44 heteroatoms. The van der Waals surface area contributed by atoms with Crippen molar-refractivity contribution in [2.75, 3.05) is 63.2 Å². The normalized spacial score (nSPS) is 11.0. The molecule has 18 heterocycles. The van der Waals surface area contributed by atoms with E-state index in [0.29, 0.717) is 53.8 Å². The maximum absolute atomic E-state index is 11.7. The molecule has 0 spiro atoms. The van der Waals surface area contributed by atoms with E-state index in [-0.39, 0.29) is 21.8 Å². The van der Waals surface area contributed by atoms with Crippen LogP contribution in [0.5, 0.6) is 0 Å². The van der Waals surface area contributed by atoms with E-state index in [9.17, 15) is 9.90 Å². The molecule has 5 N–H and O–H groups in total. The molecule has 0 aromatic carbocycles. The van der Waals surface area contributed by atoms with Crippen molar-refractivity contribution in [3.05, 3.63) is 256 Å². The first kappa shape index (κ1) is 91.2. The monoisotopic (exact) mass is 1970 g/mol. The molecule has 0 atom stereocenters. The van der Waals surface area contributed by atoms with E-state index in [1.165, 1.54) is 71.4 Å². The fraction of sp³-hybridized carbons (Fsp3) is 0.115. The molecule has 618 valence electrons. The van der Waals surface area contributed by atoms with E-state index in [1.54, 1.807) is 149 Å². The number of thioether (sulfide) groups is 6. The van der Waals surface area contributed by atoms with Gasteiger partial charge in [0.05, 0.1) is 88.9 Å². The fourth-order valence-electron chi connectivity index (χ4n) is 11.7. The van der Waals surface area contributed by atoms with Crippen molar-refractivity contribution in [3.63, 3.8) is 0 Å². The number of carbonyl (C=O) groups is 1. The summed E-state index contributed by atoms with van der Waals surface area (Å²) in [5.41, 5.74) is 22.1. The molecule has 0 aliphatic heterocycles.